The maximum atomic E-state index is 13.2. The van der Waals surface area contributed by atoms with E-state index in [1.807, 2.05) is 91.9 Å². The number of Topliss-reactive ketones (excluding diaryl/α,β-unsaturated/α-hetero) is 1. The molecular formula is C26H23NO3. The summed E-state index contributed by atoms with van der Waals surface area (Å²) in [5.74, 6) is -1.21. The topological polar surface area (TPSA) is 57.6 Å². The Morgan fingerprint density at radius 1 is 0.933 bits per heavy atom. The lowest BCUT2D eigenvalue weighted by molar-refractivity contribution is -0.118. The standard InChI is InChI=1S/C26H23NO3/c1-18-9-8-12-20(17-18)24-23(22(28)16-15-19-10-4-2-5-11-19)25(29)26(30)27(24)21-13-6-3-7-14-21/h2-14,17,24,29H,15-16H2,1H3. The fourth-order valence-corrected chi connectivity index (χ4v) is 3.94. The summed E-state index contributed by atoms with van der Waals surface area (Å²) in [4.78, 5) is 27.8. The zero-order chi connectivity index (χ0) is 21.1. The maximum Gasteiger partial charge on any atom is 0.294 e. The van der Waals surface area contributed by atoms with Gasteiger partial charge in [0, 0.05) is 12.1 Å². The molecule has 0 spiro atoms. The molecule has 0 aromatic heterocycles. The second-order valence-electron chi connectivity index (χ2n) is 7.50. The Bertz CT molecular complexity index is 1100. The van der Waals surface area contributed by atoms with Gasteiger partial charge in [-0.25, -0.2) is 0 Å². The highest BCUT2D eigenvalue weighted by Gasteiger charge is 2.44. The van der Waals surface area contributed by atoms with Crippen LogP contribution >= 0.6 is 0 Å². The molecule has 3 aromatic carbocycles. The van der Waals surface area contributed by atoms with E-state index in [2.05, 4.69) is 0 Å². The van der Waals surface area contributed by atoms with Crippen molar-refractivity contribution < 1.29 is 14.7 Å². The van der Waals surface area contributed by atoms with Crippen LogP contribution in [-0.4, -0.2) is 16.8 Å². The number of aliphatic hydroxyl groups is 1. The fourth-order valence-electron chi connectivity index (χ4n) is 3.94. The number of rotatable bonds is 6. The van der Waals surface area contributed by atoms with Crippen LogP contribution in [0.5, 0.6) is 0 Å². The third kappa shape index (κ3) is 3.77. The molecule has 0 fully saturated rings. The van der Waals surface area contributed by atoms with Crippen molar-refractivity contribution in [3.8, 4) is 0 Å². The predicted molar refractivity (Wildman–Crippen MR) is 117 cm³/mol. The van der Waals surface area contributed by atoms with E-state index >= 15 is 0 Å². The van der Waals surface area contributed by atoms with E-state index in [-0.39, 0.29) is 17.8 Å². The number of anilines is 1. The van der Waals surface area contributed by atoms with Crippen molar-refractivity contribution in [3.63, 3.8) is 0 Å². The van der Waals surface area contributed by atoms with Gasteiger partial charge in [-0.1, -0.05) is 78.4 Å². The van der Waals surface area contributed by atoms with Gasteiger partial charge >= 0.3 is 0 Å². The minimum Gasteiger partial charge on any atom is -0.503 e. The predicted octanol–water partition coefficient (Wildman–Crippen LogP) is 5.10. The minimum absolute atomic E-state index is 0.172. The Labute approximate surface area is 176 Å². The second-order valence-corrected chi connectivity index (χ2v) is 7.50. The quantitative estimate of drug-likeness (QED) is 0.630. The van der Waals surface area contributed by atoms with E-state index < -0.39 is 17.7 Å². The Hall–Kier alpha value is -3.66. The van der Waals surface area contributed by atoms with Crippen molar-refractivity contribution in [3.05, 3.63) is 113 Å². The molecule has 1 amide bonds. The molecule has 3 aromatic rings. The lowest BCUT2D eigenvalue weighted by Crippen LogP contribution is -2.31. The first kappa shape index (κ1) is 19.6. The number of para-hydroxylation sites is 1. The van der Waals surface area contributed by atoms with Crippen LogP contribution in [0.25, 0.3) is 0 Å². The number of hydrogen-bond acceptors (Lipinski definition) is 3. The van der Waals surface area contributed by atoms with Crippen LogP contribution in [0, 0.1) is 6.92 Å². The number of hydrogen-bond donors (Lipinski definition) is 1. The number of carbonyl (C=O) groups excluding carboxylic acids is 2. The lowest BCUT2D eigenvalue weighted by atomic mass is 9.92. The summed E-state index contributed by atoms with van der Waals surface area (Å²) < 4.78 is 0. The van der Waals surface area contributed by atoms with Gasteiger partial charge in [0.1, 0.15) is 0 Å². The molecule has 4 rings (SSSR count). The second kappa shape index (κ2) is 8.37. The van der Waals surface area contributed by atoms with Gasteiger partial charge in [0.05, 0.1) is 11.6 Å². The molecule has 1 heterocycles. The Morgan fingerprint density at radius 2 is 1.60 bits per heavy atom. The molecule has 0 saturated heterocycles. The number of amides is 1. The minimum atomic E-state index is -0.650. The molecule has 0 aliphatic carbocycles. The van der Waals surface area contributed by atoms with Crippen LogP contribution in [0.1, 0.15) is 29.2 Å². The first-order valence-electron chi connectivity index (χ1n) is 10.0. The van der Waals surface area contributed by atoms with Crippen LogP contribution in [-0.2, 0) is 16.0 Å². The molecule has 0 bridgehead atoms. The van der Waals surface area contributed by atoms with Crippen molar-refractivity contribution in [1.29, 1.82) is 0 Å². The van der Waals surface area contributed by atoms with E-state index in [0.29, 0.717) is 12.1 Å². The molecule has 0 saturated carbocycles. The van der Waals surface area contributed by atoms with Crippen molar-refractivity contribution in [2.45, 2.75) is 25.8 Å². The van der Waals surface area contributed by atoms with Crippen molar-refractivity contribution in [2.24, 2.45) is 0 Å². The molecule has 1 atom stereocenters. The number of benzene rings is 3. The molecular weight excluding hydrogens is 374 g/mol. The SMILES string of the molecule is Cc1cccc(C2C(C(=O)CCc3ccccc3)=C(O)C(=O)N2c2ccccc2)c1. The smallest absolute Gasteiger partial charge is 0.294 e. The third-order valence-corrected chi connectivity index (χ3v) is 5.38. The molecule has 1 unspecified atom stereocenters. The Balaban J connectivity index is 1.72. The normalized spacial score (nSPS) is 16.2. The number of carbonyl (C=O) groups is 2. The number of ketones is 1. The Kier molecular flexibility index (Phi) is 5.48. The first-order valence-corrected chi connectivity index (χ1v) is 10.0. The largest absolute Gasteiger partial charge is 0.503 e. The highest BCUT2D eigenvalue weighted by Crippen LogP contribution is 2.41. The van der Waals surface area contributed by atoms with Gasteiger partial charge in [0.2, 0.25) is 0 Å². The van der Waals surface area contributed by atoms with Gasteiger partial charge in [-0.05, 0) is 36.6 Å². The summed E-state index contributed by atoms with van der Waals surface area (Å²) >= 11 is 0. The van der Waals surface area contributed by atoms with Crippen LogP contribution in [0.4, 0.5) is 5.69 Å². The van der Waals surface area contributed by atoms with Gasteiger partial charge in [0.15, 0.2) is 11.5 Å². The number of aryl methyl sites for hydroxylation is 2. The van der Waals surface area contributed by atoms with Crippen molar-refractivity contribution >= 4 is 17.4 Å². The van der Waals surface area contributed by atoms with E-state index in [1.165, 1.54) is 4.90 Å². The molecule has 1 N–H and O–H groups in total. The summed E-state index contributed by atoms with van der Waals surface area (Å²) in [5, 5.41) is 10.7. The summed E-state index contributed by atoms with van der Waals surface area (Å²) in [6, 6.07) is 26.0. The fraction of sp³-hybridized carbons (Fsp3) is 0.154. The van der Waals surface area contributed by atoms with E-state index in [4.69, 9.17) is 0 Å². The summed E-state index contributed by atoms with van der Waals surface area (Å²) in [6.07, 6.45) is 0.776. The van der Waals surface area contributed by atoms with Gasteiger partial charge in [-0.3, -0.25) is 14.5 Å². The molecule has 30 heavy (non-hydrogen) atoms. The van der Waals surface area contributed by atoms with Crippen LogP contribution in [0.15, 0.2) is 96.3 Å². The Morgan fingerprint density at radius 3 is 2.27 bits per heavy atom. The van der Waals surface area contributed by atoms with E-state index in [0.717, 1.165) is 16.7 Å². The maximum absolute atomic E-state index is 13.2. The molecule has 1 aliphatic heterocycles. The van der Waals surface area contributed by atoms with E-state index in [9.17, 15) is 14.7 Å². The highest BCUT2D eigenvalue weighted by atomic mass is 16.3. The summed E-state index contributed by atoms with van der Waals surface area (Å²) in [7, 11) is 0. The lowest BCUT2D eigenvalue weighted by Gasteiger charge is -2.27. The van der Waals surface area contributed by atoms with Gasteiger partial charge in [-0.2, -0.15) is 0 Å². The molecule has 150 valence electrons. The van der Waals surface area contributed by atoms with Crippen LogP contribution in [0.3, 0.4) is 0 Å². The number of nitrogens with zero attached hydrogens (tertiary/aromatic N) is 1. The molecule has 4 nitrogen and oxygen atoms in total. The summed E-state index contributed by atoms with van der Waals surface area (Å²) in [5.41, 5.74) is 3.69. The van der Waals surface area contributed by atoms with E-state index in [1.54, 1.807) is 0 Å². The molecule has 4 heteroatoms. The van der Waals surface area contributed by atoms with Crippen molar-refractivity contribution in [2.75, 3.05) is 4.90 Å². The first-order chi connectivity index (χ1) is 14.6. The monoisotopic (exact) mass is 397 g/mol. The van der Waals surface area contributed by atoms with Crippen molar-refractivity contribution in [1.82, 2.24) is 0 Å². The zero-order valence-electron chi connectivity index (χ0n) is 16.8. The average molecular weight is 397 g/mol. The van der Waals surface area contributed by atoms with Crippen LogP contribution < -0.4 is 4.90 Å². The molecule has 0 radical (unpaired) electrons. The highest BCUT2D eigenvalue weighted by molar-refractivity contribution is 6.16. The molecule has 1 aliphatic rings. The zero-order valence-corrected chi connectivity index (χ0v) is 16.8. The number of aliphatic hydroxyl groups excluding tert-OH is 1. The van der Waals surface area contributed by atoms with Gasteiger partial charge in [0.25, 0.3) is 5.91 Å². The third-order valence-electron chi connectivity index (χ3n) is 5.38. The summed E-state index contributed by atoms with van der Waals surface area (Å²) in [6.45, 7) is 1.97. The van der Waals surface area contributed by atoms with Gasteiger partial charge in [-0.15, -0.1) is 0 Å². The average Bonchev–Trinajstić information content (AvgIpc) is 3.04. The van der Waals surface area contributed by atoms with Crippen LogP contribution in [0.2, 0.25) is 0 Å². The van der Waals surface area contributed by atoms with Gasteiger partial charge < -0.3 is 5.11 Å².